The molecule has 3 nitrogen and oxygen atoms in total. The summed E-state index contributed by atoms with van der Waals surface area (Å²) in [6.07, 6.45) is 2.83. The number of carbonyl (C=O) groups is 1. The Kier molecular flexibility index (Phi) is 5.64. The van der Waals surface area contributed by atoms with Crippen LogP contribution in [0.5, 0.6) is 5.75 Å². The van der Waals surface area contributed by atoms with Crippen LogP contribution in [0.3, 0.4) is 0 Å². The van der Waals surface area contributed by atoms with Crippen LogP contribution >= 0.6 is 0 Å². The van der Waals surface area contributed by atoms with Crippen molar-refractivity contribution in [3.05, 3.63) is 41.0 Å². The zero-order chi connectivity index (χ0) is 16.1. The van der Waals surface area contributed by atoms with E-state index in [1.807, 2.05) is 19.1 Å². The number of ether oxygens (including phenoxy) is 2. The van der Waals surface area contributed by atoms with Gasteiger partial charge in [-0.25, -0.2) is 0 Å². The quantitative estimate of drug-likeness (QED) is 0.594. The van der Waals surface area contributed by atoms with Gasteiger partial charge < -0.3 is 9.47 Å². The maximum absolute atomic E-state index is 12.1. The fourth-order valence-corrected chi connectivity index (χ4v) is 3.49. The Morgan fingerprint density at radius 1 is 1.18 bits per heavy atom. The Morgan fingerprint density at radius 3 is 2.41 bits per heavy atom. The molecule has 0 aliphatic heterocycles. The van der Waals surface area contributed by atoms with E-state index in [2.05, 4.69) is 26.0 Å². The highest BCUT2D eigenvalue weighted by atomic mass is 16.5. The van der Waals surface area contributed by atoms with Crippen LogP contribution in [0.15, 0.2) is 35.4 Å². The molecule has 22 heavy (non-hydrogen) atoms. The lowest BCUT2D eigenvalue weighted by Crippen LogP contribution is -2.25. The fraction of sp³-hybridized carbons (Fsp3) is 0.526. The van der Waals surface area contributed by atoms with Gasteiger partial charge in [-0.15, -0.1) is 0 Å². The van der Waals surface area contributed by atoms with Crippen molar-refractivity contribution in [2.24, 2.45) is 5.92 Å². The van der Waals surface area contributed by atoms with Crippen LogP contribution in [-0.2, 0) is 9.53 Å². The molecule has 0 amide bonds. The van der Waals surface area contributed by atoms with Crippen LogP contribution in [0.1, 0.15) is 51.5 Å². The van der Waals surface area contributed by atoms with Crippen molar-refractivity contribution in [3.8, 4) is 5.75 Å². The number of benzene rings is 1. The van der Waals surface area contributed by atoms with Crippen molar-refractivity contribution in [2.45, 2.75) is 46.0 Å². The van der Waals surface area contributed by atoms with Crippen LogP contribution < -0.4 is 4.74 Å². The molecule has 1 aromatic carbocycles. The van der Waals surface area contributed by atoms with Crippen molar-refractivity contribution < 1.29 is 14.3 Å². The summed E-state index contributed by atoms with van der Waals surface area (Å²) in [6.45, 7) is 6.58. The minimum atomic E-state index is -0.0702. The molecule has 0 bridgehead atoms. The first-order chi connectivity index (χ1) is 10.6. The van der Waals surface area contributed by atoms with Crippen LogP contribution in [0, 0.1) is 5.92 Å². The summed E-state index contributed by atoms with van der Waals surface area (Å²) in [5.74, 6) is 1.15. The minimum absolute atomic E-state index is 0.0654. The van der Waals surface area contributed by atoms with E-state index in [0.29, 0.717) is 12.5 Å². The van der Waals surface area contributed by atoms with Crippen LogP contribution in [0.25, 0.3) is 0 Å². The summed E-state index contributed by atoms with van der Waals surface area (Å²) in [5.41, 5.74) is 3.89. The molecule has 120 valence electrons. The van der Waals surface area contributed by atoms with Gasteiger partial charge in [-0.3, -0.25) is 4.79 Å². The Morgan fingerprint density at radius 2 is 1.86 bits per heavy atom. The summed E-state index contributed by atoms with van der Waals surface area (Å²) < 4.78 is 10.5. The van der Waals surface area contributed by atoms with Gasteiger partial charge in [0.15, 0.2) is 0 Å². The van der Waals surface area contributed by atoms with Crippen LogP contribution in [0.4, 0.5) is 0 Å². The number of methoxy groups -OCH3 is 1. The highest BCUT2D eigenvalue weighted by Gasteiger charge is 2.32. The second kappa shape index (κ2) is 7.48. The summed E-state index contributed by atoms with van der Waals surface area (Å²) in [7, 11) is 1.68. The van der Waals surface area contributed by atoms with Gasteiger partial charge in [0, 0.05) is 5.92 Å². The smallest absolute Gasteiger partial charge is 0.313 e. The fourth-order valence-electron chi connectivity index (χ4n) is 3.49. The molecule has 0 spiro atoms. The van der Waals surface area contributed by atoms with E-state index in [4.69, 9.17) is 9.47 Å². The lowest BCUT2D eigenvalue weighted by molar-refractivity contribution is -0.147. The Balaban J connectivity index is 2.28. The first kappa shape index (κ1) is 16.6. The van der Waals surface area contributed by atoms with Crippen molar-refractivity contribution in [1.29, 1.82) is 0 Å². The molecule has 0 radical (unpaired) electrons. The molecule has 0 heterocycles. The van der Waals surface area contributed by atoms with E-state index in [-0.39, 0.29) is 11.9 Å². The van der Waals surface area contributed by atoms with E-state index in [1.54, 1.807) is 7.11 Å². The lowest BCUT2D eigenvalue weighted by Gasteiger charge is -2.32. The van der Waals surface area contributed by atoms with Gasteiger partial charge in [-0.2, -0.15) is 0 Å². The zero-order valence-corrected chi connectivity index (χ0v) is 14.0. The second-order valence-electron chi connectivity index (χ2n) is 5.77. The highest BCUT2D eigenvalue weighted by molar-refractivity contribution is 5.76. The molecule has 3 heteroatoms. The van der Waals surface area contributed by atoms with Gasteiger partial charge in [0.2, 0.25) is 0 Å². The Hall–Kier alpha value is -1.77. The normalized spacial score (nSPS) is 21.6. The predicted molar refractivity (Wildman–Crippen MR) is 88.1 cm³/mol. The average molecular weight is 302 g/mol. The second-order valence-corrected chi connectivity index (χ2v) is 5.77. The molecule has 0 saturated carbocycles. The van der Waals surface area contributed by atoms with Crippen molar-refractivity contribution in [2.75, 3.05) is 13.7 Å². The van der Waals surface area contributed by atoms with Gasteiger partial charge in [-0.1, -0.05) is 30.2 Å². The van der Waals surface area contributed by atoms with E-state index in [0.717, 1.165) is 25.0 Å². The van der Waals surface area contributed by atoms with Gasteiger partial charge in [-0.05, 0) is 50.8 Å². The molecule has 0 fully saturated rings. The number of hydrogen-bond acceptors (Lipinski definition) is 3. The van der Waals surface area contributed by atoms with Gasteiger partial charge in [0.25, 0.3) is 0 Å². The van der Waals surface area contributed by atoms with Gasteiger partial charge in [0.1, 0.15) is 5.75 Å². The summed E-state index contributed by atoms with van der Waals surface area (Å²) >= 11 is 0. The summed E-state index contributed by atoms with van der Waals surface area (Å²) in [5, 5.41) is 0. The molecular weight excluding hydrogens is 276 g/mol. The highest BCUT2D eigenvalue weighted by Crippen LogP contribution is 2.42. The molecule has 2 unspecified atom stereocenters. The molecule has 0 aromatic heterocycles. The summed E-state index contributed by atoms with van der Waals surface area (Å²) in [4.78, 5) is 12.1. The molecule has 2 atom stereocenters. The molecule has 0 saturated heterocycles. The third-order valence-corrected chi connectivity index (χ3v) is 4.66. The van der Waals surface area contributed by atoms with Gasteiger partial charge >= 0.3 is 5.97 Å². The molecule has 1 aliphatic carbocycles. The SMILES string of the molecule is CCOC(=O)C1CCC(c2ccc(OC)cc2)C(CC)=C1C. The molecule has 1 aromatic rings. The first-order valence-electron chi connectivity index (χ1n) is 8.12. The van der Waals surface area contributed by atoms with Crippen molar-refractivity contribution in [1.82, 2.24) is 0 Å². The van der Waals surface area contributed by atoms with E-state index in [9.17, 15) is 4.79 Å². The number of carbonyl (C=O) groups excluding carboxylic acids is 1. The monoisotopic (exact) mass is 302 g/mol. The first-order valence-corrected chi connectivity index (χ1v) is 8.12. The average Bonchev–Trinajstić information content (AvgIpc) is 2.54. The van der Waals surface area contributed by atoms with Crippen LogP contribution in [0.2, 0.25) is 0 Å². The molecule has 2 rings (SSSR count). The van der Waals surface area contributed by atoms with E-state index in [1.165, 1.54) is 16.7 Å². The van der Waals surface area contributed by atoms with Crippen molar-refractivity contribution in [3.63, 3.8) is 0 Å². The number of rotatable bonds is 5. The topological polar surface area (TPSA) is 35.5 Å². The maximum atomic E-state index is 12.1. The number of esters is 1. The zero-order valence-electron chi connectivity index (χ0n) is 14.0. The van der Waals surface area contributed by atoms with Crippen LogP contribution in [-0.4, -0.2) is 19.7 Å². The molecule has 1 aliphatic rings. The minimum Gasteiger partial charge on any atom is -0.497 e. The maximum Gasteiger partial charge on any atom is 0.313 e. The van der Waals surface area contributed by atoms with Gasteiger partial charge in [0.05, 0.1) is 19.6 Å². The molecule has 0 N–H and O–H groups in total. The third kappa shape index (κ3) is 3.34. The predicted octanol–water partition coefficient (Wildman–Crippen LogP) is 4.48. The Bertz CT molecular complexity index is 542. The third-order valence-electron chi connectivity index (χ3n) is 4.66. The van der Waals surface area contributed by atoms with Crippen molar-refractivity contribution >= 4 is 5.97 Å². The van der Waals surface area contributed by atoms with E-state index < -0.39 is 0 Å². The Labute approximate surface area is 133 Å². The summed E-state index contributed by atoms with van der Waals surface area (Å²) in [6, 6.07) is 8.29. The number of hydrogen-bond donors (Lipinski definition) is 0. The van der Waals surface area contributed by atoms with E-state index >= 15 is 0 Å². The molecular formula is C19H26O3. The number of allylic oxidation sites excluding steroid dienone is 1. The lowest BCUT2D eigenvalue weighted by atomic mass is 9.73. The standard InChI is InChI=1S/C19H26O3/c1-5-16-13(3)17(19(20)22-6-2)11-12-18(16)14-7-9-15(21-4)10-8-14/h7-10,17-18H,5-6,11-12H2,1-4H3. The largest absolute Gasteiger partial charge is 0.497 e.